The average Bonchev–Trinajstić information content (AvgIpc) is 2.51. The molecule has 3 heteroatoms. The van der Waals surface area contributed by atoms with Crippen molar-refractivity contribution in [1.29, 1.82) is 0 Å². The third-order valence-corrected chi connectivity index (χ3v) is 4.31. The number of rotatable bonds is 4. The molecular formula is C19H24N2O. The van der Waals surface area contributed by atoms with Crippen LogP contribution >= 0.6 is 0 Å². The molecule has 0 radical (unpaired) electrons. The molecule has 1 unspecified atom stereocenters. The Kier molecular flexibility index (Phi) is 4.64. The highest BCUT2D eigenvalue weighted by Crippen LogP contribution is 2.25. The summed E-state index contributed by atoms with van der Waals surface area (Å²) in [6.07, 6.45) is 1.33. The third-order valence-electron chi connectivity index (χ3n) is 4.31. The Morgan fingerprint density at radius 1 is 1.14 bits per heavy atom. The molecule has 0 bridgehead atoms. The van der Waals surface area contributed by atoms with Gasteiger partial charge in [0.05, 0.1) is 0 Å². The number of nitrogen functional groups attached to an aromatic ring is 1. The van der Waals surface area contributed by atoms with Crippen molar-refractivity contribution in [2.24, 2.45) is 5.92 Å². The van der Waals surface area contributed by atoms with E-state index in [1.807, 2.05) is 24.3 Å². The predicted molar refractivity (Wildman–Crippen MR) is 90.8 cm³/mol. The number of hydrogen-bond donors (Lipinski definition) is 1. The molecule has 1 saturated heterocycles. The number of benzene rings is 2. The van der Waals surface area contributed by atoms with Gasteiger partial charge in [-0.3, -0.25) is 4.90 Å². The Hall–Kier alpha value is -2.00. The van der Waals surface area contributed by atoms with Crippen LogP contribution in [0.1, 0.15) is 18.9 Å². The van der Waals surface area contributed by atoms with Gasteiger partial charge in [0.2, 0.25) is 0 Å². The highest BCUT2D eigenvalue weighted by atomic mass is 16.5. The minimum atomic E-state index is 0.272. The van der Waals surface area contributed by atoms with Gasteiger partial charge >= 0.3 is 0 Å². The van der Waals surface area contributed by atoms with E-state index in [1.165, 1.54) is 5.56 Å². The van der Waals surface area contributed by atoms with E-state index in [0.717, 1.165) is 37.5 Å². The summed E-state index contributed by atoms with van der Waals surface area (Å²) in [7, 11) is 0. The second kappa shape index (κ2) is 6.84. The standard InChI is InChI=1S/C19H24N2O/c1-15-13-21(14-16-6-3-2-4-7-16)11-10-19(15)22-18-9-5-8-17(20)12-18/h2-9,12,15,19H,10-11,13-14,20H2,1H3/t15?,19-/m0/s1. The van der Waals surface area contributed by atoms with Crippen molar-refractivity contribution in [2.75, 3.05) is 18.8 Å². The first kappa shape index (κ1) is 14.9. The zero-order valence-corrected chi connectivity index (χ0v) is 13.1. The predicted octanol–water partition coefficient (Wildman–Crippen LogP) is 3.56. The molecule has 0 aromatic heterocycles. The Labute approximate surface area is 132 Å². The van der Waals surface area contributed by atoms with E-state index in [4.69, 9.17) is 10.5 Å². The largest absolute Gasteiger partial charge is 0.490 e. The summed E-state index contributed by atoms with van der Waals surface area (Å²) in [6.45, 7) is 5.44. The van der Waals surface area contributed by atoms with Crippen LogP contribution in [-0.2, 0) is 6.54 Å². The molecule has 0 spiro atoms. The zero-order chi connectivity index (χ0) is 15.4. The van der Waals surface area contributed by atoms with Crippen molar-refractivity contribution < 1.29 is 4.74 Å². The molecule has 2 N–H and O–H groups in total. The minimum absolute atomic E-state index is 0.272. The molecule has 116 valence electrons. The fraction of sp³-hybridized carbons (Fsp3) is 0.368. The van der Waals surface area contributed by atoms with Crippen molar-refractivity contribution in [3.05, 3.63) is 60.2 Å². The molecule has 22 heavy (non-hydrogen) atoms. The van der Waals surface area contributed by atoms with E-state index in [1.54, 1.807) is 0 Å². The van der Waals surface area contributed by atoms with Gasteiger partial charge in [-0.2, -0.15) is 0 Å². The molecular weight excluding hydrogens is 272 g/mol. The SMILES string of the molecule is CC1CN(Cc2ccccc2)CC[C@@H]1Oc1cccc(N)c1. The number of ether oxygens (including phenoxy) is 1. The number of anilines is 1. The second-order valence-electron chi connectivity index (χ2n) is 6.22. The van der Waals surface area contributed by atoms with Gasteiger partial charge < -0.3 is 10.5 Å². The molecule has 1 aliphatic rings. The van der Waals surface area contributed by atoms with Crippen LogP contribution in [-0.4, -0.2) is 24.1 Å². The first-order chi connectivity index (χ1) is 10.7. The molecule has 2 aromatic rings. The number of hydrogen-bond acceptors (Lipinski definition) is 3. The number of piperidine rings is 1. The summed E-state index contributed by atoms with van der Waals surface area (Å²) < 4.78 is 6.14. The van der Waals surface area contributed by atoms with Gasteiger partial charge in [-0.25, -0.2) is 0 Å². The molecule has 0 saturated carbocycles. The highest BCUT2D eigenvalue weighted by Gasteiger charge is 2.27. The summed E-state index contributed by atoms with van der Waals surface area (Å²) >= 11 is 0. The monoisotopic (exact) mass is 296 g/mol. The smallest absolute Gasteiger partial charge is 0.121 e. The fourth-order valence-electron chi connectivity index (χ4n) is 3.13. The number of likely N-dealkylation sites (tertiary alicyclic amines) is 1. The van der Waals surface area contributed by atoms with E-state index >= 15 is 0 Å². The molecule has 2 aromatic carbocycles. The van der Waals surface area contributed by atoms with Gasteiger partial charge in [0.15, 0.2) is 0 Å². The Balaban J connectivity index is 1.56. The second-order valence-corrected chi connectivity index (χ2v) is 6.22. The van der Waals surface area contributed by atoms with Crippen molar-refractivity contribution in [2.45, 2.75) is 26.0 Å². The lowest BCUT2D eigenvalue weighted by Crippen LogP contribution is -2.43. The molecule has 0 amide bonds. The van der Waals surface area contributed by atoms with Gasteiger partial charge in [0.1, 0.15) is 11.9 Å². The topological polar surface area (TPSA) is 38.5 Å². The third kappa shape index (κ3) is 3.80. The van der Waals surface area contributed by atoms with Crippen LogP contribution in [0.5, 0.6) is 5.75 Å². The van der Waals surface area contributed by atoms with Crippen LogP contribution in [0.3, 0.4) is 0 Å². The van der Waals surface area contributed by atoms with E-state index in [2.05, 4.69) is 42.2 Å². The Morgan fingerprint density at radius 2 is 1.95 bits per heavy atom. The van der Waals surface area contributed by atoms with Crippen LogP contribution in [0.25, 0.3) is 0 Å². The molecule has 1 fully saturated rings. The quantitative estimate of drug-likeness (QED) is 0.877. The zero-order valence-electron chi connectivity index (χ0n) is 13.1. The average molecular weight is 296 g/mol. The maximum Gasteiger partial charge on any atom is 0.121 e. The molecule has 3 nitrogen and oxygen atoms in total. The lowest BCUT2D eigenvalue weighted by Gasteiger charge is -2.37. The summed E-state index contributed by atoms with van der Waals surface area (Å²) in [4.78, 5) is 2.51. The van der Waals surface area contributed by atoms with Crippen LogP contribution in [0.4, 0.5) is 5.69 Å². The van der Waals surface area contributed by atoms with Gasteiger partial charge in [-0.1, -0.05) is 43.3 Å². The Morgan fingerprint density at radius 3 is 2.68 bits per heavy atom. The lowest BCUT2D eigenvalue weighted by atomic mass is 9.96. The van der Waals surface area contributed by atoms with E-state index in [0.29, 0.717) is 5.92 Å². The normalized spacial score (nSPS) is 22.4. The van der Waals surface area contributed by atoms with E-state index in [9.17, 15) is 0 Å². The first-order valence-electron chi connectivity index (χ1n) is 7.99. The highest BCUT2D eigenvalue weighted by molar-refractivity contribution is 5.43. The van der Waals surface area contributed by atoms with E-state index in [-0.39, 0.29) is 6.10 Å². The summed E-state index contributed by atoms with van der Waals surface area (Å²) in [5.41, 5.74) is 7.95. The summed E-state index contributed by atoms with van der Waals surface area (Å²) in [6, 6.07) is 18.4. The number of nitrogens with zero attached hydrogens (tertiary/aromatic N) is 1. The van der Waals surface area contributed by atoms with Gasteiger partial charge in [0, 0.05) is 37.3 Å². The van der Waals surface area contributed by atoms with Gasteiger partial charge in [-0.05, 0) is 24.1 Å². The van der Waals surface area contributed by atoms with Crippen molar-refractivity contribution in [3.63, 3.8) is 0 Å². The first-order valence-corrected chi connectivity index (χ1v) is 7.99. The fourth-order valence-corrected chi connectivity index (χ4v) is 3.13. The molecule has 2 atom stereocenters. The van der Waals surface area contributed by atoms with Crippen LogP contribution in [0.2, 0.25) is 0 Å². The van der Waals surface area contributed by atoms with Crippen LogP contribution in [0.15, 0.2) is 54.6 Å². The summed E-state index contributed by atoms with van der Waals surface area (Å²) in [5, 5.41) is 0. The number of nitrogens with two attached hydrogens (primary N) is 1. The van der Waals surface area contributed by atoms with Crippen LogP contribution in [0, 0.1) is 5.92 Å². The lowest BCUT2D eigenvalue weighted by molar-refractivity contribution is 0.0491. The molecule has 3 rings (SSSR count). The van der Waals surface area contributed by atoms with Crippen molar-refractivity contribution in [3.8, 4) is 5.75 Å². The van der Waals surface area contributed by atoms with Crippen LogP contribution < -0.4 is 10.5 Å². The molecule has 1 heterocycles. The molecule has 1 aliphatic heterocycles. The van der Waals surface area contributed by atoms with E-state index < -0.39 is 0 Å². The Bertz CT molecular complexity index is 599. The molecule has 0 aliphatic carbocycles. The van der Waals surface area contributed by atoms with Crippen molar-refractivity contribution >= 4 is 5.69 Å². The maximum atomic E-state index is 6.14. The van der Waals surface area contributed by atoms with Crippen molar-refractivity contribution in [1.82, 2.24) is 4.90 Å². The van der Waals surface area contributed by atoms with Gasteiger partial charge in [-0.15, -0.1) is 0 Å². The van der Waals surface area contributed by atoms with Gasteiger partial charge in [0.25, 0.3) is 0 Å². The minimum Gasteiger partial charge on any atom is -0.490 e. The maximum absolute atomic E-state index is 6.14. The summed E-state index contributed by atoms with van der Waals surface area (Å²) in [5.74, 6) is 1.40.